The summed E-state index contributed by atoms with van der Waals surface area (Å²) >= 11 is 0. The molecule has 0 saturated carbocycles. The Labute approximate surface area is 112 Å². The fourth-order valence-electron chi connectivity index (χ4n) is 2.14. The molecule has 1 saturated heterocycles. The molecular formula is C14H20F2N2O. The van der Waals surface area contributed by atoms with Crippen LogP contribution in [0, 0.1) is 0 Å². The molecule has 0 N–H and O–H groups in total. The smallest absolute Gasteiger partial charge is 0.355 e. The Morgan fingerprint density at radius 3 is 2.74 bits per heavy atom. The molecular weight excluding hydrogens is 250 g/mol. The molecule has 1 aromatic heterocycles. The van der Waals surface area contributed by atoms with E-state index in [0.29, 0.717) is 0 Å². The van der Waals surface area contributed by atoms with Gasteiger partial charge in [-0.15, -0.1) is 0 Å². The second-order valence-corrected chi connectivity index (χ2v) is 4.85. The van der Waals surface area contributed by atoms with E-state index in [1.807, 2.05) is 6.07 Å². The van der Waals surface area contributed by atoms with Crippen LogP contribution in [0.2, 0.25) is 0 Å². The van der Waals surface area contributed by atoms with Gasteiger partial charge >= 0.3 is 6.11 Å². The molecule has 0 atom stereocenters. The van der Waals surface area contributed by atoms with Crippen molar-refractivity contribution in [2.24, 2.45) is 0 Å². The Morgan fingerprint density at radius 1 is 1.32 bits per heavy atom. The molecule has 3 nitrogen and oxygen atoms in total. The Hall–Kier alpha value is -1.23. The van der Waals surface area contributed by atoms with Crippen molar-refractivity contribution in [2.75, 3.05) is 18.0 Å². The Balaban J connectivity index is 1.98. The van der Waals surface area contributed by atoms with Gasteiger partial charge in [-0.2, -0.15) is 8.78 Å². The fraction of sp³-hybridized carbons (Fsp3) is 0.643. The van der Waals surface area contributed by atoms with Gasteiger partial charge < -0.3 is 9.64 Å². The minimum absolute atomic E-state index is 0.0792. The minimum atomic E-state index is -3.05. The molecule has 106 valence electrons. The molecule has 1 aromatic rings. The van der Waals surface area contributed by atoms with Crippen molar-refractivity contribution >= 4 is 5.82 Å². The van der Waals surface area contributed by atoms with Gasteiger partial charge in [-0.1, -0.05) is 6.92 Å². The third-order valence-electron chi connectivity index (χ3n) is 3.35. The number of hydrogen-bond donors (Lipinski definition) is 0. The normalized spacial score (nSPS) is 16.7. The van der Waals surface area contributed by atoms with Crippen molar-refractivity contribution < 1.29 is 13.5 Å². The standard InChI is InChI=1S/C14H20F2N2O/c1-2-14(15,16)19-11-12-6-7-17-13(10-12)18-8-4-3-5-9-18/h6-7,10H,2-5,8-9,11H2,1H3. The molecule has 1 fully saturated rings. The second kappa shape index (κ2) is 6.28. The topological polar surface area (TPSA) is 25.4 Å². The molecule has 5 heteroatoms. The average molecular weight is 270 g/mol. The van der Waals surface area contributed by atoms with Gasteiger partial charge in [0, 0.05) is 25.7 Å². The van der Waals surface area contributed by atoms with Crippen LogP contribution in [0.25, 0.3) is 0 Å². The quantitative estimate of drug-likeness (QED) is 0.817. The molecule has 2 heterocycles. The van der Waals surface area contributed by atoms with E-state index in [-0.39, 0.29) is 13.0 Å². The number of rotatable bonds is 5. The van der Waals surface area contributed by atoms with Gasteiger partial charge in [0.15, 0.2) is 0 Å². The third kappa shape index (κ3) is 4.13. The summed E-state index contributed by atoms with van der Waals surface area (Å²) in [6, 6.07) is 3.57. The van der Waals surface area contributed by atoms with E-state index in [1.54, 1.807) is 12.3 Å². The lowest BCUT2D eigenvalue weighted by Gasteiger charge is -2.28. The van der Waals surface area contributed by atoms with E-state index in [9.17, 15) is 8.78 Å². The van der Waals surface area contributed by atoms with Crippen LogP contribution in [0.4, 0.5) is 14.6 Å². The van der Waals surface area contributed by atoms with Crippen molar-refractivity contribution in [1.82, 2.24) is 4.98 Å². The average Bonchev–Trinajstić information content (AvgIpc) is 2.47. The summed E-state index contributed by atoms with van der Waals surface area (Å²) in [7, 11) is 0. The lowest BCUT2D eigenvalue weighted by molar-refractivity contribution is -0.246. The first-order chi connectivity index (χ1) is 9.11. The molecule has 0 aromatic carbocycles. The van der Waals surface area contributed by atoms with Crippen molar-refractivity contribution in [2.45, 2.75) is 45.3 Å². The van der Waals surface area contributed by atoms with E-state index < -0.39 is 6.11 Å². The van der Waals surface area contributed by atoms with Crippen LogP contribution < -0.4 is 4.90 Å². The number of hydrogen-bond acceptors (Lipinski definition) is 3. The Kier molecular flexibility index (Phi) is 4.69. The number of pyridine rings is 1. The summed E-state index contributed by atoms with van der Waals surface area (Å²) in [4.78, 5) is 6.51. The fourth-order valence-corrected chi connectivity index (χ4v) is 2.14. The second-order valence-electron chi connectivity index (χ2n) is 4.85. The van der Waals surface area contributed by atoms with Crippen LogP contribution in [0.1, 0.15) is 38.2 Å². The van der Waals surface area contributed by atoms with E-state index >= 15 is 0 Å². The van der Waals surface area contributed by atoms with E-state index in [1.165, 1.54) is 13.3 Å². The predicted molar refractivity (Wildman–Crippen MR) is 70.3 cm³/mol. The summed E-state index contributed by atoms with van der Waals surface area (Å²) in [5.74, 6) is 0.862. The molecule has 0 unspecified atom stereocenters. The number of ether oxygens (including phenoxy) is 1. The molecule has 19 heavy (non-hydrogen) atoms. The van der Waals surface area contributed by atoms with Gasteiger partial charge in [-0.25, -0.2) is 4.98 Å². The molecule has 0 bridgehead atoms. The predicted octanol–water partition coefficient (Wildman–Crippen LogP) is 3.59. The Morgan fingerprint density at radius 2 is 2.05 bits per heavy atom. The molecule has 0 amide bonds. The van der Waals surface area contributed by atoms with Crippen LogP contribution in [0.5, 0.6) is 0 Å². The van der Waals surface area contributed by atoms with Gasteiger partial charge in [0.2, 0.25) is 0 Å². The van der Waals surface area contributed by atoms with Gasteiger partial charge in [0.25, 0.3) is 0 Å². The number of anilines is 1. The van der Waals surface area contributed by atoms with Gasteiger partial charge in [0.1, 0.15) is 5.82 Å². The summed E-state index contributed by atoms with van der Waals surface area (Å²) in [6.45, 7) is 3.31. The zero-order chi connectivity index (χ0) is 13.7. The van der Waals surface area contributed by atoms with E-state index in [0.717, 1.165) is 37.3 Å². The number of aromatic nitrogens is 1. The van der Waals surface area contributed by atoms with Crippen LogP contribution in [0.15, 0.2) is 18.3 Å². The van der Waals surface area contributed by atoms with Crippen molar-refractivity contribution in [3.05, 3.63) is 23.9 Å². The highest BCUT2D eigenvalue weighted by atomic mass is 19.3. The van der Waals surface area contributed by atoms with E-state index in [2.05, 4.69) is 14.6 Å². The maximum absolute atomic E-state index is 13.0. The minimum Gasteiger partial charge on any atom is -0.357 e. The van der Waals surface area contributed by atoms with Crippen molar-refractivity contribution in [3.8, 4) is 0 Å². The number of alkyl halides is 2. The van der Waals surface area contributed by atoms with Gasteiger partial charge in [-0.3, -0.25) is 0 Å². The highest BCUT2D eigenvalue weighted by Crippen LogP contribution is 2.23. The first kappa shape index (κ1) is 14.2. The van der Waals surface area contributed by atoms with E-state index in [4.69, 9.17) is 0 Å². The highest BCUT2D eigenvalue weighted by molar-refractivity contribution is 5.41. The molecule has 0 spiro atoms. The first-order valence-electron chi connectivity index (χ1n) is 6.82. The van der Waals surface area contributed by atoms with Crippen LogP contribution in [0.3, 0.4) is 0 Å². The molecule has 1 aliphatic rings. The first-order valence-corrected chi connectivity index (χ1v) is 6.82. The number of piperidine rings is 1. The summed E-state index contributed by atoms with van der Waals surface area (Å²) in [5, 5.41) is 0. The van der Waals surface area contributed by atoms with Gasteiger partial charge in [-0.05, 0) is 37.0 Å². The molecule has 0 aliphatic carbocycles. The van der Waals surface area contributed by atoms with Crippen LogP contribution in [-0.2, 0) is 11.3 Å². The summed E-state index contributed by atoms with van der Waals surface area (Å²) in [5.41, 5.74) is 0.740. The number of halogens is 2. The van der Waals surface area contributed by atoms with Crippen LogP contribution in [-0.4, -0.2) is 24.2 Å². The monoisotopic (exact) mass is 270 g/mol. The summed E-state index contributed by atoms with van der Waals surface area (Å²) in [6.07, 6.45) is 1.88. The lowest BCUT2D eigenvalue weighted by atomic mass is 10.1. The maximum Gasteiger partial charge on any atom is 0.355 e. The number of nitrogens with zero attached hydrogens (tertiary/aromatic N) is 2. The Bertz CT molecular complexity index is 406. The van der Waals surface area contributed by atoms with Crippen molar-refractivity contribution in [3.63, 3.8) is 0 Å². The largest absolute Gasteiger partial charge is 0.357 e. The maximum atomic E-state index is 13.0. The highest BCUT2D eigenvalue weighted by Gasteiger charge is 2.26. The van der Waals surface area contributed by atoms with Gasteiger partial charge in [0.05, 0.1) is 6.61 Å². The zero-order valence-electron chi connectivity index (χ0n) is 11.2. The molecule has 0 radical (unpaired) electrons. The molecule has 2 rings (SSSR count). The lowest BCUT2D eigenvalue weighted by Crippen LogP contribution is -2.30. The van der Waals surface area contributed by atoms with Crippen LogP contribution >= 0.6 is 0 Å². The zero-order valence-corrected chi connectivity index (χ0v) is 11.2. The third-order valence-corrected chi connectivity index (χ3v) is 3.35. The molecule has 1 aliphatic heterocycles. The van der Waals surface area contributed by atoms with Crippen molar-refractivity contribution in [1.29, 1.82) is 0 Å². The SMILES string of the molecule is CCC(F)(F)OCc1ccnc(N2CCCCC2)c1. The summed E-state index contributed by atoms with van der Waals surface area (Å²) < 4.78 is 30.7.